The summed E-state index contributed by atoms with van der Waals surface area (Å²) in [5.74, 6) is 1.92. The molecule has 1 aliphatic carbocycles. The lowest BCUT2D eigenvalue weighted by molar-refractivity contribution is 0.0949. The van der Waals surface area contributed by atoms with Crippen LogP contribution in [-0.2, 0) is 0 Å². The third-order valence-corrected chi connectivity index (χ3v) is 6.39. The molecule has 3 rings (SSSR count). The molecule has 0 spiro atoms. The van der Waals surface area contributed by atoms with Crippen LogP contribution in [-0.4, -0.2) is 18.3 Å². The van der Waals surface area contributed by atoms with E-state index in [1.807, 2.05) is 6.07 Å². The normalized spacial score (nSPS) is 23.0. The third kappa shape index (κ3) is 2.81. The molecule has 0 saturated heterocycles. The first-order chi connectivity index (χ1) is 9.28. The summed E-state index contributed by atoms with van der Waals surface area (Å²) in [5.41, 5.74) is 0. The van der Waals surface area contributed by atoms with Gasteiger partial charge in [0.2, 0.25) is 0 Å². The summed E-state index contributed by atoms with van der Waals surface area (Å²) in [5, 5.41) is 5.14. The Kier molecular flexibility index (Phi) is 4.10. The van der Waals surface area contributed by atoms with Crippen molar-refractivity contribution < 1.29 is 4.79 Å². The summed E-state index contributed by atoms with van der Waals surface area (Å²) in [6.45, 7) is 0.766. The minimum atomic E-state index is 0.0635. The average molecular weight is 314 g/mol. The highest BCUT2D eigenvalue weighted by molar-refractivity contribution is 7.27. The zero-order chi connectivity index (χ0) is 13.2. The van der Waals surface area contributed by atoms with Gasteiger partial charge in [-0.05, 0) is 42.2 Å². The molecule has 2 heterocycles. The largest absolute Gasteiger partial charge is 0.351 e. The Balaban J connectivity index is 1.60. The summed E-state index contributed by atoms with van der Waals surface area (Å²) >= 11 is 9.22. The van der Waals surface area contributed by atoms with Crippen molar-refractivity contribution >= 4 is 49.6 Å². The molecule has 2 atom stereocenters. The molecule has 5 heteroatoms. The van der Waals surface area contributed by atoms with Crippen LogP contribution in [0.25, 0.3) is 9.40 Å². The van der Waals surface area contributed by atoms with E-state index >= 15 is 0 Å². The van der Waals surface area contributed by atoms with Gasteiger partial charge in [-0.1, -0.05) is 6.42 Å². The van der Waals surface area contributed by atoms with Crippen LogP contribution in [0.5, 0.6) is 0 Å². The second-order valence-electron chi connectivity index (χ2n) is 5.08. The molecule has 1 amide bonds. The fraction of sp³-hybridized carbons (Fsp3) is 0.500. The predicted octanol–water partition coefficient (Wildman–Crippen LogP) is 4.35. The number of nitrogens with one attached hydrogen (secondary N) is 1. The maximum atomic E-state index is 12.1. The van der Waals surface area contributed by atoms with Crippen LogP contribution in [0.3, 0.4) is 0 Å². The molecule has 0 aliphatic heterocycles. The Labute approximate surface area is 125 Å². The van der Waals surface area contributed by atoms with Crippen molar-refractivity contribution in [1.82, 2.24) is 5.32 Å². The van der Waals surface area contributed by atoms with Crippen LogP contribution in [0.2, 0.25) is 0 Å². The fourth-order valence-corrected chi connectivity index (χ4v) is 5.21. The van der Waals surface area contributed by atoms with Crippen molar-refractivity contribution in [1.29, 1.82) is 0 Å². The number of hydrogen-bond acceptors (Lipinski definition) is 3. The van der Waals surface area contributed by atoms with E-state index in [4.69, 9.17) is 11.6 Å². The minimum absolute atomic E-state index is 0.0635. The SMILES string of the molecule is O=C(NCC1CCCC1CCl)c1cc2sccc2s1. The fourth-order valence-electron chi connectivity index (χ4n) is 2.77. The smallest absolute Gasteiger partial charge is 0.261 e. The van der Waals surface area contributed by atoms with Crippen molar-refractivity contribution in [3.8, 4) is 0 Å². The van der Waals surface area contributed by atoms with E-state index in [2.05, 4.69) is 16.8 Å². The summed E-state index contributed by atoms with van der Waals surface area (Å²) in [6, 6.07) is 4.07. The molecular formula is C14H16ClNOS2. The summed E-state index contributed by atoms with van der Waals surface area (Å²) < 4.78 is 2.41. The molecule has 0 aromatic carbocycles. The first kappa shape index (κ1) is 13.4. The average Bonchev–Trinajstić information content (AvgIpc) is 3.09. The first-order valence-corrected chi connectivity index (χ1v) is 8.82. The highest BCUT2D eigenvalue weighted by atomic mass is 35.5. The topological polar surface area (TPSA) is 29.1 Å². The number of amides is 1. The third-order valence-electron chi connectivity index (χ3n) is 3.90. The molecule has 0 bridgehead atoms. The lowest BCUT2D eigenvalue weighted by atomic mass is 9.98. The van der Waals surface area contributed by atoms with E-state index < -0.39 is 0 Å². The van der Waals surface area contributed by atoms with E-state index in [1.54, 1.807) is 22.7 Å². The van der Waals surface area contributed by atoms with Crippen LogP contribution < -0.4 is 5.32 Å². The number of thiophene rings is 2. The number of rotatable bonds is 4. The standard InChI is InChI=1S/C14H16ClNOS2/c15-7-9-2-1-3-10(9)8-16-14(17)13-6-12-11(19-13)4-5-18-12/h4-6,9-10H,1-3,7-8H2,(H,16,17). The van der Waals surface area contributed by atoms with E-state index in [0.29, 0.717) is 11.8 Å². The van der Waals surface area contributed by atoms with Gasteiger partial charge in [-0.15, -0.1) is 34.3 Å². The highest BCUT2D eigenvalue weighted by Gasteiger charge is 2.26. The quantitative estimate of drug-likeness (QED) is 0.835. The molecule has 1 aliphatic rings. The van der Waals surface area contributed by atoms with E-state index in [0.717, 1.165) is 17.3 Å². The number of fused-ring (bicyclic) bond motifs is 1. The van der Waals surface area contributed by atoms with E-state index in [1.165, 1.54) is 28.7 Å². The van der Waals surface area contributed by atoms with Crippen LogP contribution in [0, 0.1) is 11.8 Å². The lowest BCUT2D eigenvalue weighted by Crippen LogP contribution is -2.30. The van der Waals surface area contributed by atoms with Gasteiger partial charge in [0.25, 0.3) is 5.91 Å². The van der Waals surface area contributed by atoms with Gasteiger partial charge >= 0.3 is 0 Å². The van der Waals surface area contributed by atoms with Gasteiger partial charge < -0.3 is 5.32 Å². The molecule has 0 radical (unpaired) electrons. The Morgan fingerprint density at radius 3 is 3.00 bits per heavy atom. The van der Waals surface area contributed by atoms with Crippen molar-refractivity contribution in [3.63, 3.8) is 0 Å². The van der Waals surface area contributed by atoms with Gasteiger partial charge in [0.1, 0.15) is 0 Å². The highest BCUT2D eigenvalue weighted by Crippen LogP contribution is 2.32. The van der Waals surface area contributed by atoms with E-state index in [9.17, 15) is 4.79 Å². The Morgan fingerprint density at radius 1 is 1.37 bits per heavy atom. The molecule has 2 aromatic rings. The zero-order valence-corrected chi connectivity index (χ0v) is 12.9. The number of carbonyl (C=O) groups excluding carboxylic acids is 1. The number of alkyl halides is 1. The second kappa shape index (κ2) is 5.81. The van der Waals surface area contributed by atoms with Crippen LogP contribution >= 0.6 is 34.3 Å². The molecule has 2 aromatic heterocycles. The van der Waals surface area contributed by atoms with Crippen molar-refractivity contribution in [3.05, 3.63) is 22.4 Å². The van der Waals surface area contributed by atoms with E-state index in [-0.39, 0.29) is 5.91 Å². The van der Waals surface area contributed by atoms with Crippen molar-refractivity contribution in [2.45, 2.75) is 19.3 Å². The molecule has 2 unspecified atom stereocenters. The Morgan fingerprint density at radius 2 is 2.21 bits per heavy atom. The Bertz CT molecular complexity index is 548. The second-order valence-corrected chi connectivity index (χ2v) is 7.42. The monoisotopic (exact) mass is 313 g/mol. The minimum Gasteiger partial charge on any atom is -0.351 e. The molecule has 1 saturated carbocycles. The van der Waals surface area contributed by atoms with Crippen molar-refractivity contribution in [2.75, 3.05) is 12.4 Å². The molecular weight excluding hydrogens is 298 g/mol. The number of hydrogen-bond donors (Lipinski definition) is 1. The molecule has 19 heavy (non-hydrogen) atoms. The zero-order valence-electron chi connectivity index (χ0n) is 10.5. The maximum Gasteiger partial charge on any atom is 0.261 e. The Hall–Kier alpha value is -0.580. The molecule has 1 N–H and O–H groups in total. The van der Waals surface area contributed by atoms with Gasteiger partial charge in [-0.25, -0.2) is 0 Å². The summed E-state index contributed by atoms with van der Waals surface area (Å²) in [4.78, 5) is 13.0. The lowest BCUT2D eigenvalue weighted by Gasteiger charge is -2.17. The van der Waals surface area contributed by atoms with Gasteiger partial charge in [-0.2, -0.15) is 0 Å². The van der Waals surface area contributed by atoms with Crippen LogP contribution in [0.15, 0.2) is 17.5 Å². The maximum absolute atomic E-state index is 12.1. The first-order valence-electron chi connectivity index (χ1n) is 6.59. The molecule has 1 fully saturated rings. The predicted molar refractivity (Wildman–Crippen MR) is 83.6 cm³/mol. The van der Waals surface area contributed by atoms with Gasteiger partial charge in [0, 0.05) is 21.8 Å². The van der Waals surface area contributed by atoms with Crippen LogP contribution in [0.1, 0.15) is 28.9 Å². The summed E-state index contributed by atoms with van der Waals surface area (Å²) in [7, 11) is 0. The van der Waals surface area contributed by atoms with Gasteiger partial charge in [0.15, 0.2) is 0 Å². The summed E-state index contributed by atoms with van der Waals surface area (Å²) in [6.07, 6.45) is 3.64. The molecule has 102 valence electrons. The number of halogens is 1. The van der Waals surface area contributed by atoms with Gasteiger partial charge in [-0.3, -0.25) is 4.79 Å². The van der Waals surface area contributed by atoms with Crippen molar-refractivity contribution in [2.24, 2.45) is 11.8 Å². The van der Waals surface area contributed by atoms with Crippen LogP contribution in [0.4, 0.5) is 0 Å². The number of carbonyl (C=O) groups is 1. The van der Waals surface area contributed by atoms with Gasteiger partial charge in [0.05, 0.1) is 4.88 Å². The molecule has 2 nitrogen and oxygen atoms in total.